The second kappa shape index (κ2) is 5.88. The summed E-state index contributed by atoms with van der Waals surface area (Å²) in [5, 5.41) is 2.76. The van der Waals surface area contributed by atoms with Crippen LogP contribution < -0.4 is 5.32 Å². The van der Waals surface area contributed by atoms with Crippen molar-refractivity contribution in [1.82, 2.24) is 0 Å². The number of esters is 1. The zero-order chi connectivity index (χ0) is 14.7. The fraction of sp³-hybridized carbons (Fsp3) is 0.200. The molecular weight excluding hydrogens is 274 g/mol. The first-order valence-electron chi connectivity index (χ1n) is 6.08. The van der Waals surface area contributed by atoms with E-state index < -0.39 is 5.97 Å². The topological polar surface area (TPSA) is 55.4 Å². The maximum absolute atomic E-state index is 12.3. The summed E-state index contributed by atoms with van der Waals surface area (Å²) in [6, 6.07) is 8.62. The van der Waals surface area contributed by atoms with Crippen molar-refractivity contribution in [3.8, 4) is 0 Å². The van der Waals surface area contributed by atoms with Crippen LogP contribution in [-0.4, -0.2) is 19.0 Å². The Morgan fingerprint density at radius 1 is 1.15 bits per heavy atom. The highest BCUT2D eigenvalue weighted by molar-refractivity contribution is 7.12. The van der Waals surface area contributed by atoms with Gasteiger partial charge in [0.2, 0.25) is 0 Å². The van der Waals surface area contributed by atoms with Gasteiger partial charge in [0.1, 0.15) is 0 Å². The molecule has 1 heterocycles. The van der Waals surface area contributed by atoms with E-state index in [4.69, 9.17) is 4.74 Å². The lowest BCUT2D eigenvalue weighted by Crippen LogP contribution is -2.15. The molecule has 0 unspecified atom stereocenters. The van der Waals surface area contributed by atoms with Crippen LogP contribution in [0.1, 0.15) is 30.5 Å². The molecule has 0 aliphatic carbocycles. The largest absolute Gasteiger partial charge is 0.465 e. The van der Waals surface area contributed by atoms with Crippen LogP contribution in [0.15, 0.2) is 30.3 Å². The number of amides is 1. The van der Waals surface area contributed by atoms with E-state index in [9.17, 15) is 9.59 Å². The molecule has 0 bridgehead atoms. The second-order valence-corrected chi connectivity index (χ2v) is 5.78. The number of carbonyl (C=O) groups is 2. The molecule has 2 rings (SSSR count). The molecule has 1 N–H and O–H groups in total. The minimum absolute atomic E-state index is 0.219. The fourth-order valence-corrected chi connectivity index (χ4v) is 2.85. The van der Waals surface area contributed by atoms with Crippen LogP contribution in [0.3, 0.4) is 0 Å². The maximum Gasteiger partial charge on any atom is 0.339 e. The Morgan fingerprint density at radius 2 is 1.85 bits per heavy atom. The number of anilines is 1. The third kappa shape index (κ3) is 2.88. The van der Waals surface area contributed by atoms with E-state index in [2.05, 4.69) is 5.32 Å². The smallest absolute Gasteiger partial charge is 0.339 e. The van der Waals surface area contributed by atoms with E-state index in [1.165, 1.54) is 7.11 Å². The molecule has 1 aromatic carbocycles. The molecule has 0 aliphatic heterocycles. The van der Waals surface area contributed by atoms with Gasteiger partial charge in [0.15, 0.2) is 0 Å². The molecule has 0 radical (unpaired) electrons. The van der Waals surface area contributed by atoms with Crippen LogP contribution in [0.4, 0.5) is 5.69 Å². The Labute approximate surface area is 121 Å². The van der Waals surface area contributed by atoms with E-state index >= 15 is 0 Å². The van der Waals surface area contributed by atoms with E-state index in [-0.39, 0.29) is 5.91 Å². The molecule has 0 atom stereocenters. The monoisotopic (exact) mass is 289 g/mol. The molecule has 1 amide bonds. The highest BCUT2D eigenvalue weighted by Crippen LogP contribution is 2.23. The number of methoxy groups -OCH3 is 1. The molecule has 2 aromatic rings. The average molecular weight is 289 g/mol. The molecule has 0 saturated heterocycles. The first kappa shape index (κ1) is 14.3. The molecule has 0 aliphatic rings. The maximum atomic E-state index is 12.3. The van der Waals surface area contributed by atoms with Crippen LogP contribution >= 0.6 is 11.3 Å². The zero-order valence-electron chi connectivity index (χ0n) is 11.5. The lowest BCUT2D eigenvalue weighted by Gasteiger charge is -2.09. The Hall–Kier alpha value is -2.14. The summed E-state index contributed by atoms with van der Waals surface area (Å²) in [4.78, 5) is 25.9. The Kier molecular flexibility index (Phi) is 4.20. The minimum atomic E-state index is -0.473. The number of carbonyl (C=O) groups excluding carboxylic acids is 2. The van der Waals surface area contributed by atoms with Crippen molar-refractivity contribution in [3.63, 3.8) is 0 Å². The normalized spacial score (nSPS) is 10.2. The first-order chi connectivity index (χ1) is 9.52. The molecule has 0 saturated carbocycles. The molecule has 0 spiro atoms. The van der Waals surface area contributed by atoms with E-state index in [0.29, 0.717) is 16.8 Å². The average Bonchev–Trinajstić information content (AvgIpc) is 2.77. The summed E-state index contributed by atoms with van der Waals surface area (Å²) in [5.74, 6) is -0.692. The van der Waals surface area contributed by atoms with Gasteiger partial charge in [-0.05, 0) is 32.0 Å². The highest BCUT2D eigenvalue weighted by atomic mass is 32.1. The van der Waals surface area contributed by atoms with Crippen LogP contribution in [0.25, 0.3) is 0 Å². The number of hydrogen-bond acceptors (Lipinski definition) is 4. The van der Waals surface area contributed by atoms with Crippen molar-refractivity contribution in [2.24, 2.45) is 0 Å². The van der Waals surface area contributed by atoms with Crippen molar-refractivity contribution < 1.29 is 14.3 Å². The number of hydrogen-bond donors (Lipinski definition) is 1. The Morgan fingerprint density at radius 3 is 2.45 bits per heavy atom. The second-order valence-electron chi connectivity index (χ2n) is 4.32. The Balaban J connectivity index is 2.29. The summed E-state index contributed by atoms with van der Waals surface area (Å²) < 4.78 is 4.70. The number of rotatable bonds is 3. The van der Waals surface area contributed by atoms with Crippen molar-refractivity contribution in [2.45, 2.75) is 13.8 Å². The van der Waals surface area contributed by atoms with Crippen molar-refractivity contribution in [1.29, 1.82) is 0 Å². The van der Waals surface area contributed by atoms with E-state index in [1.54, 1.807) is 35.6 Å². The number of para-hydroxylation sites is 1. The van der Waals surface area contributed by atoms with E-state index in [1.807, 2.05) is 19.9 Å². The predicted octanol–water partition coefficient (Wildman–Crippen LogP) is 3.40. The SMILES string of the molecule is COC(=O)c1ccccc1NC(=O)c1cc(C)sc1C. The van der Waals surface area contributed by atoms with Gasteiger partial charge in [0, 0.05) is 9.75 Å². The summed E-state index contributed by atoms with van der Waals surface area (Å²) in [7, 11) is 1.31. The van der Waals surface area contributed by atoms with Gasteiger partial charge in [-0.3, -0.25) is 4.79 Å². The molecule has 5 heteroatoms. The number of benzene rings is 1. The van der Waals surface area contributed by atoms with Gasteiger partial charge in [0.05, 0.1) is 23.9 Å². The highest BCUT2D eigenvalue weighted by Gasteiger charge is 2.16. The molecule has 0 fully saturated rings. The summed E-state index contributed by atoms with van der Waals surface area (Å²) >= 11 is 1.57. The van der Waals surface area contributed by atoms with Gasteiger partial charge in [-0.1, -0.05) is 12.1 Å². The van der Waals surface area contributed by atoms with Gasteiger partial charge in [-0.25, -0.2) is 4.79 Å². The van der Waals surface area contributed by atoms with Crippen LogP contribution in [0.2, 0.25) is 0 Å². The van der Waals surface area contributed by atoms with Gasteiger partial charge < -0.3 is 10.1 Å². The third-order valence-electron chi connectivity index (χ3n) is 2.87. The van der Waals surface area contributed by atoms with Crippen LogP contribution in [0, 0.1) is 13.8 Å². The lowest BCUT2D eigenvalue weighted by atomic mass is 10.1. The summed E-state index contributed by atoms with van der Waals surface area (Å²) in [5.41, 5.74) is 1.42. The molecule has 4 nitrogen and oxygen atoms in total. The summed E-state index contributed by atoms with van der Waals surface area (Å²) in [6.45, 7) is 3.86. The zero-order valence-corrected chi connectivity index (χ0v) is 12.3. The van der Waals surface area contributed by atoms with Crippen molar-refractivity contribution in [3.05, 3.63) is 51.2 Å². The standard InChI is InChI=1S/C15H15NO3S/c1-9-8-12(10(2)20-9)14(17)16-13-7-5-4-6-11(13)15(18)19-3/h4-8H,1-3H3,(H,16,17). The Bertz CT molecular complexity index is 661. The number of nitrogens with one attached hydrogen (secondary N) is 1. The number of aryl methyl sites for hydroxylation is 2. The van der Waals surface area contributed by atoms with Crippen molar-refractivity contribution >= 4 is 28.9 Å². The van der Waals surface area contributed by atoms with Crippen molar-refractivity contribution in [2.75, 3.05) is 12.4 Å². The molecule has 1 aromatic heterocycles. The third-order valence-corrected chi connectivity index (χ3v) is 3.83. The fourth-order valence-electron chi connectivity index (χ4n) is 1.93. The predicted molar refractivity (Wildman–Crippen MR) is 79.5 cm³/mol. The van der Waals surface area contributed by atoms with Gasteiger partial charge in [-0.2, -0.15) is 0 Å². The van der Waals surface area contributed by atoms with Gasteiger partial charge in [-0.15, -0.1) is 11.3 Å². The molecular formula is C15H15NO3S. The summed E-state index contributed by atoms with van der Waals surface area (Å²) in [6.07, 6.45) is 0. The number of ether oxygens (including phenoxy) is 1. The number of thiophene rings is 1. The molecule has 104 valence electrons. The van der Waals surface area contributed by atoms with E-state index in [0.717, 1.165) is 9.75 Å². The van der Waals surface area contributed by atoms with Gasteiger partial charge >= 0.3 is 5.97 Å². The lowest BCUT2D eigenvalue weighted by molar-refractivity contribution is 0.0602. The minimum Gasteiger partial charge on any atom is -0.465 e. The van der Waals surface area contributed by atoms with Gasteiger partial charge in [0.25, 0.3) is 5.91 Å². The first-order valence-corrected chi connectivity index (χ1v) is 6.90. The molecule has 20 heavy (non-hydrogen) atoms. The quantitative estimate of drug-likeness (QED) is 0.881. The van der Waals surface area contributed by atoms with Crippen LogP contribution in [0.5, 0.6) is 0 Å². The van der Waals surface area contributed by atoms with Crippen LogP contribution in [-0.2, 0) is 4.74 Å².